The van der Waals surface area contributed by atoms with Gasteiger partial charge >= 0.3 is 0 Å². The molecule has 1 aliphatic heterocycles. The van der Waals surface area contributed by atoms with Crippen LogP contribution in [0.2, 0.25) is 0 Å². The molecule has 1 saturated carbocycles. The number of nitrogens with two attached hydrogens (primary N) is 1. The van der Waals surface area contributed by atoms with E-state index in [4.69, 9.17) is 10.7 Å². The third-order valence-electron chi connectivity index (χ3n) is 5.51. The van der Waals surface area contributed by atoms with Crippen LogP contribution >= 0.6 is 0 Å². The van der Waals surface area contributed by atoms with Crippen molar-refractivity contribution in [2.24, 2.45) is 11.7 Å². The zero-order chi connectivity index (χ0) is 15.3. The molecule has 1 saturated heterocycles. The van der Waals surface area contributed by atoms with Gasteiger partial charge in [-0.2, -0.15) is 0 Å². The van der Waals surface area contributed by atoms with Crippen molar-refractivity contribution >= 4 is 16.9 Å². The highest BCUT2D eigenvalue weighted by atomic mass is 16.1. The van der Waals surface area contributed by atoms with E-state index < -0.39 is 5.91 Å². The quantitative estimate of drug-likeness (QED) is 0.913. The fraction of sp³-hybridized carbons (Fsp3) is 0.529. The van der Waals surface area contributed by atoms with Gasteiger partial charge in [0.2, 0.25) is 0 Å². The van der Waals surface area contributed by atoms with E-state index in [0.717, 1.165) is 36.8 Å². The molecule has 2 aromatic rings. The number of fused-ring (bicyclic) bond motifs is 3. The van der Waals surface area contributed by atoms with Crippen molar-refractivity contribution in [1.82, 2.24) is 14.9 Å². The second kappa shape index (κ2) is 4.81. The first kappa shape index (κ1) is 13.8. The molecule has 1 aromatic carbocycles. The Labute approximate surface area is 129 Å². The zero-order valence-corrected chi connectivity index (χ0v) is 12.9. The van der Waals surface area contributed by atoms with E-state index in [2.05, 4.69) is 16.8 Å². The summed E-state index contributed by atoms with van der Waals surface area (Å²) in [5.41, 5.74) is 7.64. The van der Waals surface area contributed by atoms with Gasteiger partial charge in [-0.15, -0.1) is 0 Å². The van der Waals surface area contributed by atoms with Crippen molar-refractivity contribution < 1.29 is 4.79 Å². The molecule has 1 aliphatic carbocycles. The van der Waals surface area contributed by atoms with Crippen molar-refractivity contribution in [2.75, 3.05) is 13.1 Å². The van der Waals surface area contributed by atoms with Crippen molar-refractivity contribution in [2.45, 2.75) is 38.1 Å². The van der Waals surface area contributed by atoms with Crippen LogP contribution in [0.25, 0.3) is 11.0 Å². The zero-order valence-electron chi connectivity index (χ0n) is 12.9. The highest BCUT2D eigenvalue weighted by molar-refractivity contribution is 6.04. The van der Waals surface area contributed by atoms with Crippen LogP contribution in [0.5, 0.6) is 0 Å². The molecule has 2 atom stereocenters. The number of primary amides is 1. The van der Waals surface area contributed by atoms with Crippen molar-refractivity contribution in [3.8, 4) is 0 Å². The third-order valence-corrected chi connectivity index (χ3v) is 5.51. The molecule has 0 radical (unpaired) electrons. The first-order valence-electron chi connectivity index (χ1n) is 8.18. The number of likely N-dealkylation sites (tertiary alicyclic amines) is 1. The van der Waals surface area contributed by atoms with Crippen LogP contribution in [0.4, 0.5) is 0 Å². The lowest BCUT2D eigenvalue weighted by Crippen LogP contribution is -2.42. The van der Waals surface area contributed by atoms with E-state index >= 15 is 0 Å². The van der Waals surface area contributed by atoms with E-state index in [1.165, 1.54) is 19.3 Å². The molecule has 0 spiro atoms. The lowest BCUT2D eigenvalue weighted by atomic mass is 9.79. The van der Waals surface area contributed by atoms with Gasteiger partial charge in [0.15, 0.2) is 0 Å². The maximum atomic E-state index is 11.6. The van der Waals surface area contributed by atoms with Gasteiger partial charge in [-0.1, -0.05) is 19.4 Å². The van der Waals surface area contributed by atoms with E-state index in [-0.39, 0.29) is 5.54 Å². The van der Waals surface area contributed by atoms with Gasteiger partial charge in [0.25, 0.3) is 5.91 Å². The molecule has 2 unspecified atom stereocenters. The standard InChI is InChI=1S/C17H22N4O/c1-2-21-10-11-5-4-8-17(21,9-11)16-19-13-7-3-6-12(15(18)22)14(13)20-16/h3,6-7,11H,2,4-5,8-10H2,1H3,(H2,18,22)(H,19,20). The summed E-state index contributed by atoms with van der Waals surface area (Å²) >= 11 is 0. The third kappa shape index (κ3) is 1.81. The van der Waals surface area contributed by atoms with Crippen LogP contribution < -0.4 is 5.73 Å². The minimum Gasteiger partial charge on any atom is -0.366 e. The Kier molecular flexibility index (Phi) is 3.01. The molecule has 5 heteroatoms. The number of carbonyl (C=O) groups excluding carboxylic acids is 1. The molecule has 2 aliphatic rings. The SMILES string of the molecule is CCN1CC2CCCC1(c1nc3c(C(N)=O)cccc3[nH]1)C2. The number of benzene rings is 1. The summed E-state index contributed by atoms with van der Waals surface area (Å²) in [6, 6.07) is 5.58. The summed E-state index contributed by atoms with van der Waals surface area (Å²) in [4.78, 5) is 22.5. The first-order valence-corrected chi connectivity index (χ1v) is 8.18. The number of para-hydroxylation sites is 1. The largest absolute Gasteiger partial charge is 0.366 e. The molecule has 1 amide bonds. The first-order chi connectivity index (χ1) is 10.6. The molecular weight excluding hydrogens is 276 g/mol. The molecule has 3 N–H and O–H groups in total. The van der Waals surface area contributed by atoms with Crippen LogP contribution in [-0.4, -0.2) is 33.9 Å². The second-order valence-electron chi connectivity index (χ2n) is 6.68. The van der Waals surface area contributed by atoms with E-state index in [9.17, 15) is 4.79 Å². The second-order valence-corrected chi connectivity index (χ2v) is 6.68. The predicted octanol–water partition coefficient (Wildman–Crippen LogP) is 2.38. The van der Waals surface area contributed by atoms with Crippen LogP contribution in [0.3, 0.4) is 0 Å². The molecular formula is C17H22N4O. The van der Waals surface area contributed by atoms with E-state index in [1.54, 1.807) is 6.07 Å². The Morgan fingerprint density at radius 2 is 2.41 bits per heavy atom. The van der Waals surface area contributed by atoms with Crippen molar-refractivity contribution in [1.29, 1.82) is 0 Å². The van der Waals surface area contributed by atoms with E-state index in [0.29, 0.717) is 11.1 Å². The number of nitrogens with zero attached hydrogens (tertiary/aromatic N) is 2. The number of amides is 1. The molecule has 2 fully saturated rings. The number of carbonyl (C=O) groups is 1. The number of H-pyrrole nitrogens is 1. The number of aromatic nitrogens is 2. The van der Waals surface area contributed by atoms with Gasteiger partial charge in [-0.25, -0.2) is 4.98 Å². The Bertz CT molecular complexity index is 737. The Morgan fingerprint density at radius 3 is 3.18 bits per heavy atom. The average molecular weight is 298 g/mol. The summed E-state index contributed by atoms with van der Waals surface area (Å²) in [7, 11) is 0. The summed E-state index contributed by atoms with van der Waals surface area (Å²) < 4.78 is 0. The Morgan fingerprint density at radius 1 is 1.55 bits per heavy atom. The number of hydrogen-bond donors (Lipinski definition) is 2. The maximum Gasteiger partial charge on any atom is 0.250 e. The lowest BCUT2D eigenvalue weighted by Gasteiger charge is -2.37. The van der Waals surface area contributed by atoms with Crippen molar-refractivity contribution in [3.63, 3.8) is 0 Å². The monoisotopic (exact) mass is 298 g/mol. The fourth-order valence-electron chi connectivity index (χ4n) is 4.54. The molecule has 2 heterocycles. The highest BCUT2D eigenvalue weighted by Gasteiger charge is 2.50. The number of nitrogens with one attached hydrogen (secondary N) is 1. The number of aromatic amines is 1. The van der Waals surface area contributed by atoms with Gasteiger partial charge in [0.1, 0.15) is 11.3 Å². The number of hydrogen-bond acceptors (Lipinski definition) is 3. The van der Waals surface area contributed by atoms with Gasteiger partial charge in [-0.3, -0.25) is 9.69 Å². The number of rotatable bonds is 3. The van der Waals surface area contributed by atoms with Crippen LogP contribution in [0, 0.1) is 5.92 Å². The van der Waals surface area contributed by atoms with Gasteiger partial charge < -0.3 is 10.7 Å². The molecule has 2 bridgehead atoms. The predicted molar refractivity (Wildman–Crippen MR) is 85.5 cm³/mol. The highest BCUT2D eigenvalue weighted by Crippen LogP contribution is 2.49. The Balaban J connectivity index is 1.87. The van der Waals surface area contributed by atoms with Gasteiger partial charge in [0, 0.05) is 6.54 Å². The molecule has 4 rings (SSSR count). The summed E-state index contributed by atoms with van der Waals surface area (Å²) in [5, 5.41) is 0. The van der Waals surface area contributed by atoms with E-state index in [1.807, 2.05) is 12.1 Å². The lowest BCUT2D eigenvalue weighted by molar-refractivity contribution is 0.100. The number of imidazole rings is 1. The minimum atomic E-state index is -0.415. The molecule has 116 valence electrons. The maximum absolute atomic E-state index is 11.6. The van der Waals surface area contributed by atoms with Crippen LogP contribution in [-0.2, 0) is 5.54 Å². The summed E-state index contributed by atoms with van der Waals surface area (Å²) in [6.45, 7) is 4.42. The average Bonchev–Trinajstić information content (AvgIpc) is 3.06. The molecule has 22 heavy (non-hydrogen) atoms. The van der Waals surface area contributed by atoms with Crippen LogP contribution in [0.15, 0.2) is 18.2 Å². The minimum absolute atomic E-state index is 0.0194. The normalized spacial score (nSPS) is 28.3. The fourth-order valence-corrected chi connectivity index (χ4v) is 4.54. The van der Waals surface area contributed by atoms with Crippen LogP contribution in [0.1, 0.15) is 48.8 Å². The van der Waals surface area contributed by atoms with Crippen molar-refractivity contribution in [3.05, 3.63) is 29.6 Å². The van der Waals surface area contributed by atoms with Gasteiger partial charge in [-0.05, 0) is 43.9 Å². The molecule has 1 aromatic heterocycles. The van der Waals surface area contributed by atoms with Gasteiger partial charge in [0.05, 0.1) is 16.6 Å². The topological polar surface area (TPSA) is 75.0 Å². The molecule has 5 nitrogen and oxygen atoms in total. The smallest absolute Gasteiger partial charge is 0.250 e. The summed E-state index contributed by atoms with van der Waals surface area (Å²) in [5.74, 6) is 1.37. The Hall–Kier alpha value is -1.88. The summed E-state index contributed by atoms with van der Waals surface area (Å²) in [6.07, 6.45) is 4.89.